The number of aromatic nitrogens is 1. The van der Waals surface area contributed by atoms with Crippen molar-refractivity contribution in [1.29, 1.82) is 0 Å². The largest absolute Gasteiger partial charge is 0.493 e. The molecule has 0 aliphatic rings. The van der Waals surface area contributed by atoms with Gasteiger partial charge in [0.2, 0.25) is 5.91 Å². The first kappa shape index (κ1) is 22.6. The summed E-state index contributed by atoms with van der Waals surface area (Å²) in [4.78, 5) is 29.0. The Morgan fingerprint density at radius 3 is 2.65 bits per heavy atom. The fraction of sp³-hybridized carbons (Fsp3) is 0.227. The molecule has 9 heteroatoms. The number of hydrogen-bond donors (Lipinski definition) is 1. The number of halogens is 1. The van der Waals surface area contributed by atoms with Crippen LogP contribution in [0.1, 0.15) is 26.6 Å². The van der Waals surface area contributed by atoms with E-state index >= 15 is 0 Å². The summed E-state index contributed by atoms with van der Waals surface area (Å²) in [5.41, 5.74) is 2.55. The molecular formula is C22H21ClN2O5S. The van der Waals surface area contributed by atoms with Crippen LogP contribution in [-0.2, 0) is 22.6 Å². The van der Waals surface area contributed by atoms with E-state index in [1.54, 1.807) is 5.38 Å². The standard InChI is InChI=1S/C22H21ClN2O5S/c1-13-6-4-5-7-17(13)25-19(26)10-20-24-15(12-31-20)11-30-22(27)14-8-16(23)21(29-3)18(9-14)28-2/h4-9,12H,10-11H2,1-3H3,(H,25,26). The number of nitrogens with zero attached hydrogens (tertiary/aromatic N) is 1. The molecule has 0 aliphatic carbocycles. The molecule has 0 aliphatic heterocycles. The topological polar surface area (TPSA) is 86.8 Å². The summed E-state index contributed by atoms with van der Waals surface area (Å²) in [5, 5.41) is 5.50. The van der Waals surface area contributed by atoms with Crippen LogP contribution in [0.4, 0.5) is 5.69 Å². The van der Waals surface area contributed by atoms with Crippen molar-refractivity contribution < 1.29 is 23.8 Å². The van der Waals surface area contributed by atoms with Crippen LogP contribution in [0.25, 0.3) is 0 Å². The van der Waals surface area contributed by atoms with E-state index in [-0.39, 0.29) is 29.5 Å². The van der Waals surface area contributed by atoms with E-state index in [1.165, 1.54) is 37.7 Å². The van der Waals surface area contributed by atoms with Crippen molar-refractivity contribution in [2.45, 2.75) is 20.0 Å². The summed E-state index contributed by atoms with van der Waals surface area (Å²) < 4.78 is 15.7. The molecule has 0 spiro atoms. The Balaban J connectivity index is 1.58. The lowest BCUT2D eigenvalue weighted by molar-refractivity contribution is -0.115. The molecule has 0 saturated carbocycles. The molecular weight excluding hydrogens is 440 g/mol. The number of benzene rings is 2. The normalized spacial score (nSPS) is 10.5. The number of carbonyl (C=O) groups excluding carboxylic acids is 2. The van der Waals surface area contributed by atoms with Gasteiger partial charge in [0.05, 0.1) is 36.9 Å². The number of esters is 1. The number of carbonyl (C=O) groups is 2. The average Bonchev–Trinajstić information content (AvgIpc) is 3.20. The Hall–Kier alpha value is -3.10. The van der Waals surface area contributed by atoms with Gasteiger partial charge in [-0.05, 0) is 30.7 Å². The molecule has 3 aromatic rings. The second-order valence-corrected chi connectivity index (χ2v) is 7.89. The minimum atomic E-state index is -0.574. The van der Waals surface area contributed by atoms with Crippen LogP contribution in [0, 0.1) is 6.92 Å². The molecule has 2 aromatic carbocycles. The maximum Gasteiger partial charge on any atom is 0.338 e. The average molecular weight is 461 g/mol. The Labute approximate surface area is 188 Å². The number of nitrogens with one attached hydrogen (secondary N) is 1. The number of aryl methyl sites for hydroxylation is 1. The molecule has 0 atom stereocenters. The molecule has 1 amide bonds. The minimum absolute atomic E-state index is 0.0271. The third-order valence-electron chi connectivity index (χ3n) is 4.35. The Bertz CT molecular complexity index is 1100. The maximum atomic E-state index is 12.4. The molecule has 7 nitrogen and oxygen atoms in total. The predicted molar refractivity (Wildman–Crippen MR) is 119 cm³/mol. The maximum absolute atomic E-state index is 12.4. The predicted octanol–water partition coefficient (Wildman–Crippen LogP) is 4.66. The van der Waals surface area contributed by atoms with Gasteiger partial charge < -0.3 is 19.5 Å². The molecule has 1 heterocycles. The molecule has 31 heavy (non-hydrogen) atoms. The van der Waals surface area contributed by atoms with E-state index in [0.717, 1.165) is 11.3 Å². The van der Waals surface area contributed by atoms with Gasteiger partial charge in [-0.15, -0.1) is 11.3 Å². The zero-order valence-corrected chi connectivity index (χ0v) is 18.8. The van der Waals surface area contributed by atoms with Crippen molar-refractivity contribution in [3.63, 3.8) is 0 Å². The van der Waals surface area contributed by atoms with Crippen molar-refractivity contribution in [2.24, 2.45) is 0 Å². The van der Waals surface area contributed by atoms with Crippen molar-refractivity contribution in [1.82, 2.24) is 4.98 Å². The highest BCUT2D eigenvalue weighted by Crippen LogP contribution is 2.36. The van der Waals surface area contributed by atoms with Gasteiger partial charge in [0.25, 0.3) is 0 Å². The lowest BCUT2D eigenvalue weighted by Crippen LogP contribution is -2.15. The van der Waals surface area contributed by atoms with Gasteiger partial charge in [-0.25, -0.2) is 9.78 Å². The van der Waals surface area contributed by atoms with Gasteiger partial charge >= 0.3 is 5.97 Å². The number of para-hydroxylation sites is 1. The molecule has 1 aromatic heterocycles. The van der Waals surface area contributed by atoms with E-state index in [9.17, 15) is 9.59 Å². The van der Waals surface area contributed by atoms with Gasteiger partial charge in [-0.1, -0.05) is 29.8 Å². The van der Waals surface area contributed by atoms with Crippen molar-refractivity contribution >= 4 is 40.5 Å². The number of amides is 1. The van der Waals surface area contributed by atoms with Crippen LogP contribution in [0.2, 0.25) is 5.02 Å². The lowest BCUT2D eigenvalue weighted by Gasteiger charge is -2.11. The third kappa shape index (κ3) is 5.74. The van der Waals surface area contributed by atoms with E-state index in [0.29, 0.717) is 22.2 Å². The van der Waals surface area contributed by atoms with Gasteiger partial charge in [-0.2, -0.15) is 0 Å². The van der Waals surface area contributed by atoms with Crippen LogP contribution in [0.3, 0.4) is 0 Å². The smallest absolute Gasteiger partial charge is 0.338 e. The Morgan fingerprint density at radius 2 is 1.94 bits per heavy atom. The molecule has 0 saturated heterocycles. The Kier molecular flexibility index (Phi) is 7.49. The number of thiazole rings is 1. The summed E-state index contributed by atoms with van der Waals surface area (Å²) in [6, 6.07) is 10.5. The molecule has 0 bridgehead atoms. The Morgan fingerprint density at radius 1 is 1.16 bits per heavy atom. The minimum Gasteiger partial charge on any atom is -0.493 e. The van der Waals surface area contributed by atoms with Crippen LogP contribution in [0.15, 0.2) is 41.8 Å². The van der Waals surface area contributed by atoms with E-state index in [2.05, 4.69) is 10.3 Å². The molecule has 1 N–H and O–H groups in total. The number of rotatable bonds is 8. The van der Waals surface area contributed by atoms with Gasteiger partial charge in [0.15, 0.2) is 11.5 Å². The first-order valence-electron chi connectivity index (χ1n) is 9.28. The summed E-state index contributed by atoms with van der Waals surface area (Å²) in [6.07, 6.45) is 0.137. The van der Waals surface area contributed by atoms with Gasteiger partial charge in [0, 0.05) is 11.1 Å². The molecule has 0 radical (unpaired) electrons. The van der Waals surface area contributed by atoms with Gasteiger partial charge in [0.1, 0.15) is 11.6 Å². The second kappa shape index (κ2) is 10.3. The number of hydrogen-bond acceptors (Lipinski definition) is 7. The summed E-state index contributed by atoms with van der Waals surface area (Å²) in [7, 11) is 2.91. The quantitative estimate of drug-likeness (QED) is 0.492. The highest BCUT2D eigenvalue weighted by molar-refractivity contribution is 7.09. The second-order valence-electron chi connectivity index (χ2n) is 6.54. The first-order valence-corrected chi connectivity index (χ1v) is 10.5. The van der Waals surface area contributed by atoms with Crippen molar-refractivity contribution in [3.05, 3.63) is 68.6 Å². The summed E-state index contributed by atoms with van der Waals surface area (Å²) in [5.74, 6) is -0.0618. The van der Waals surface area contributed by atoms with Crippen molar-refractivity contribution in [3.8, 4) is 11.5 Å². The van der Waals surface area contributed by atoms with Crippen LogP contribution >= 0.6 is 22.9 Å². The fourth-order valence-electron chi connectivity index (χ4n) is 2.80. The fourth-order valence-corrected chi connectivity index (χ4v) is 3.86. The first-order chi connectivity index (χ1) is 14.9. The third-order valence-corrected chi connectivity index (χ3v) is 5.53. The number of ether oxygens (including phenoxy) is 3. The lowest BCUT2D eigenvalue weighted by atomic mass is 10.2. The molecule has 162 valence electrons. The number of anilines is 1. The highest BCUT2D eigenvalue weighted by Gasteiger charge is 2.17. The van der Waals surface area contributed by atoms with Crippen LogP contribution in [-0.4, -0.2) is 31.1 Å². The molecule has 3 rings (SSSR count). The van der Waals surface area contributed by atoms with E-state index in [1.807, 2.05) is 31.2 Å². The number of methoxy groups -OCH3 is 2. The zero-order chi connectivity index (χ0) is 22.4. The monoisotopic (exact) mass is 460 g/mol. The van der Waals surface area contributed by atoms with Crippen LogP contribution in [0.5, 0.6) is 11.5 Å². The van der Waals surface area contributed by atoms with E-state index in [4.69, 9.17) is 25.8 Å². The van der Waals surface area contributed by atoms with Crippen LogP contribution < -0.4 is 14.8 Å². The summed E-state index contributed by atoms with van der Waals surface area (Å²) in [6.45, 7) is 1.90. The zero-order valence-electron chi connectivity index (χ0n) is 17.2. The van der Waals surface area contributed by atoms with Crippen molar-refractivity contribution in [2.75, 3.05) is 19.5 Å². The van der Waals surface area contributed by atoms with E-state index < -0.39 is 5.97 Å². The van der Waals surface area contributed by atoms with Gasteiger partial charge in [-0.3, -0.25) is 4.79 Å². The summed E-state index contributed by atoms with van der Waals surface area (Å²) >= 11 is 7.47. The molecule has 0 fully saturated rings. The highest BCUT2D eigenvalue weighted by atomic mass is 35.5. The molecule has 0 unspecified atom stereocenters. The SMILES string of the molecule is COc1cc(C(=O)OCc2csc(CC(=O)Nc3ccccc3C)n2)cc(Cl)c1OC.